The van der Waals surface area contributed by atoms with Crippen molar-refractivity contribution >= 4 is 11.3 Å². The van der Waals surface area contributed by atoms with Crippen LogP contribution in [0.5, 0.6) is 0 Å². The summed E-state index contributed by atoms with van der Waals surface area (Å²) in [6.07, 6.45) is 0. The van der Waals surface area contributed by atoms with Crippen LogP contribution in [-0.2, 0) is 6.54 Å². The van der Waals surface area contributed by atoms with Crippen LogP contribution in [0.1, 0.15) is 36.0 Å². The van der Waals surface area contributed by atoms with Crippen LogP contribution in [0.2, 0.25) is 0 Å². The van der Waals surface area contributed by atoms with Gasteiger partial charge in [0, 0.05) is 17.1 Å². The monoisotopic (exact) mass is 261 g/mol. The van der Waals surface area contributed by atoms with E-state index in [0.29, 0.717) is 5.92 Å². The summed E-state index contributed by atoms with van der Waals surface area (Å²) in [5.41, 5.74) is 3.20. The van der Waals surface area contributed by atoms with Gasteiger partial charge in [0.2, 0.25) is 0 Å². The van der Waals surface area contributed by atoms with Gasteiger partial charge >= 0.3 is 0 Å². The summed E-state index contributed by atoms with van der Waals surface area (Å²) in [7, 11) is 1.97. The van der Waals surface area contributed by atoms with Gasteiger partial charge in [-0.25, -0.2) is 4.98 Å². The van der Waals surface area contributed by atoms with Crippen LogP contribution in [0.15, 0.2) is 18.2 Å². The van der Waals surface area contributed by atoms with Crippen molar-refractivity contribution in [1.82, 2.24) is 15.3 Å². The smallest absolute Gasteiger partial charge is 0.142 e. The molecule has 0 radical (unpaired) electrons. The Morgan fingerprint density at radius 3 is 2.67 bits per heavy atom. The Labute approximate surface area is 112 Å². The highest BCUT2D eigenvalue weighted by Crippen LogP contribution is 2.30. The van der Waals surface area contributed by atoms with Gasteiger partial charge in [-0.3, -0.25) is 4.98 Å². The maximum absolute atomic E-state index is 4.76. The topological polar surface area (TPSA) is 37.8 Å². The van der Waals surface area contributed by atoms with Gasteiger partial charge in [0.1, 0.15) is 5.01 Å². The average molecular weight is 261 g/mol. The van der Waals surface area contributed by atoms with Crippen LogP contribution < -0.4 is 5.32 Å². The first-order valence-corrected chi connectivity index (χ1v) is 7.01. The molecule has 0 aliphatic carbocycles. The maximum Gasteiger partial charge on any atom is 0.142 e. The predicted octanol–water partition coefficient (Wildman–Crippen LogP) is 3.36. The molecule has 0 aliphatic rings. The molecule has 0 aliphatic heterocycles. The van der Waals surface area contributed by atoms with E-state index in [-0.39, 0.29) is 0 Å². The van der Waals surface area contributed by atoms with E-state index < -0.39 is 0 Å². The molecule has 0 aromatic carbocycles. The number of nitrogens with one attached hydrogen (secondary N) is 1. The molecule has 0 saturated heterocycles. The lowest BCUT2D eigenvalue weighted by Crippen LogP contribution is -2.06. The third-order valence-corrected chi connectivity index (χ3v) is 3.81. The van der Waals surface area contributed by atoms with Gasteiger partial charge in [-0.05, 0) is 32.0 Å². The third kappa shape index (κ3) is 2.76. The van der Waals surface area contributed by atoms with E-state index >= 15 is 0 Å². The number of pyridine rings is 1. The van der Waals surface area contributed by atoms with Crippen molar-refractivity contribution in [2.75, 3.05) is 7.05 Å². The summed E-state index contributed by atoms with van der Waals surface area (Å²) < 4.78 is 0. The number of aromatic nitrogens is 2. The van der Waals surface area contributed by atoms with E-state index in [4.69, 9.17) is 4.98 Å². The lowest BCUT2D eigenvalue weighted by molar-refractivity contribution is 0.771. The summed E-state index contributed by atoms with van der Waals surface area (Å²) in [6.45, 7) is 7.25. The molecule has 18 heavy (non-hydrogen) atoms. The molecular formula is C14H19N3S. The molecule has 2 heterocycles. The van der Waals surface area contributed by atoms with Crippen LogP contribution in [0.4, 0.5) is 0 Å². The molecule has 1 N–H and O–H groups in total. The van der Waals surface area contributed by atoms with Gasteiger partial charge in [0.15, 0.2) is 0 Å². The van der Waals surface area contributed by atoms with Crippen molar-refractivity contribution in [2.45, 2.75) is 33.2 Å². The lowest BCUT2D eigenvalue weighted by atomic mass is 10.1. The largest absolute Gasteiger partial charge is 0.315 e. The molecule has 0 atom stereocenters. The molecule has 2 aromatic heterocycles. The van der Waals surface area contributed by atoms with Crippen molar-refractivity contribution in [1.29, 1.82) is 0 Å². The summed E-state index contributed by atoms with van der Waals surface area (Å²) in [5, 5.41) is 4.23. The summed E-state index contributed by atoms with van der Waals surface area (Å²) >= 11 is 1.74. The van der Waals surface area contributed by atoms with Crippen LogP contribution in [-0.4, -0.2) is 17.0 Å². The van der Waals surface area contributed by atoms with Gasteiger partial charge < -0.3 is 5.32 Å². The zero-order valence-electron chi connectivity index (χ0n) is 11.3. The minimum atomic E-state index is 0.447. The highest BCUT2D eigenvalue weighted by molar-refractivity contribution is 7.15. The second-order valence-corrected chi connectivity index (χ2v) is 5.76. The van der Waals surface area contributed by atoms with Crippen LogP contribution in [0.3, 0.4) is 0 Å². The zero-order valence-corrected chi connectivity index (χ0v) is 12.1. The van der Waals surface area contributed by atoms with E-state index in [1.165, 1.54) is 10.6 Å². The average Bonchev–Trinajstić information content (AvgIpc) is 2.74. The maximum atomic E-state index is 4.76. The summed E-state index contributed by atoms with van der Waals surface area (Å²) in [5.74, 6) is 0.447. The fourth-order valence-electron chi connectivity index (χ4n) is 1.87. The molecule has 2 rings (SSSR count). The van der Waals surface area contributed by atoms with Crippen molar-refractivity contribution < 1.29 is 0 Å². The molecule has 0 amide bonds. The van der Waals surface area contributed by atoms with Crippen molar-refractivity contribution in [3.8, 4) is 10.7 Å². The van der Waals surface area contributed by atoms with Crippen molar-refractivity contribution in [2.24, 2.45) is 0 Å². The van der Waals surface area contributed by atoms with Gasteiger partial charge in [0.05, 0.1) is 11.4 Å². The third-order valence-electron chi connectivity index (χ3n) is 2.72. The second-order valence-electron chi connectivity index (χ2n) is 4.68. The highest BCUT2D eigenvalue weighted by atomic mass is 32.1. The Hall–Kier alpha value is -1.26. The van der Waals surface area contributed by atoms with E-state index in [0.717, 1.165) is 22.9 Å². The first-order valence-electron chi connectivity index (χ1n) is 6.20. The number of nitrogens with zero attached hydrogens (tertiary/aromatic N) is 2. The second kappa shape index (κ2) is 5.59. The quantitative estimate of drug-likeness (QED) is 0.917. The van der Waals surface area contributed by atoms with E-state index in [2.05, 4.69) is 24.1 Å². The molecular weight excluding hydrogens is 242 g/mol. The molecule has 96 valence electrons. The molecule has 0 bridgehead atoms. The summed E-state index contributed by atoms with van der Waals surface area (Å²) in [4.78, 5) is 10.6. The Balaban J connectivity index is 2.43. The van der Waals surface area contributed by atoms with Crippen LogP contribution in [0, 0.1) is 6.92 Å². The molecule has 0 saturated carbocycles. The number of rotatable bonds is 4. The first kappa shape index (κ1) is 13.2. The van der Waals surface area contributed by atoms with Gasteiger partial charge in [0.25, 0.3) is 0 Å². The number of thiazole rings is 1. The molecule has 4 heteroatoms. The standard InChI is InChI=1S/C14H19N3S/c1-9(2)13-12(8-15-4)18-14(17-13)11-7-5-6-10(3)16-11/h5-7,9,15H,8H2,1-4H3. The Morgan fingerprint density at radius 1 is 1.28 bits per heavy atom. The van der Waals surface area contributed by atoms with E-state index in [1.807, 2.05) is 32.2 Å². The van der Waals surface area contributed by atoms with Crippen molar-refractivity contribution in [3.05, 3.63) is 34.5 Å². The number of hydrogen-bond donors (Lipinski definition) is 1. The highest BCUT2D eigenvalue weighted by Gasteiger charge is 2.15. The van der Waals surface area contributed by atoms with E-state index in [9.17, 15) is 0 Å². The molecule has 0 spiro atoms. The molecule has 0 unspecified atom stereocenters. The van der Waals surface area contributed by atoms with Crippen LogP contribution >= 0.6 is 11.3 Å². The predicted molar refractivity (Wildman–Crippen MR) is 76.9 cm³/mol. The molecule has 3 nitrogen and oxygen atoms in total. The molecule has 2 aromatic rings. The first-order chi connectivity index (χ1) is 8.61. The Kier molecular flexibility index (Phi) is 4.09. The van der Waals surface area contributed by atoms with Gasteiger partial charge in [-0.15, -0.1) is 11.3 Å². The minimum absolute atomic E-state index is 0.447. The normalized spacial score (nSPS) is 11.2. The lowest BCUT2D eigenvalue weighted by Gasteiger charge is -2.03. The number of hydrogen-bond acceptors (Lipinski definition) is 4. The van der Waals surface area contributed by atoms with Gasteiger partial charge in [-0.1, -0.05) is 19.9 Å². The fourth-order valence-corrected chi connectivity index (χ4v) is 3.07. The van der Waals surface area contributed by atoms with Crippen molar-refractivity contribution in [3.63, 3.8) is 0 Å². The number of aryl methyl sites for hydroxylation is 1. The summed E-state index contributed by atoms with van der Waals surface area (Å²) in [6, 6.07) is 6.07. The van der Waals surface area contributed by atoms with Gasteiger partial charge in [-0.2, -0.15) is 0 Å². The Bertz CT molecular complexity index is 532. The van der Waals surface area contributed by atoms with E-state index in [1.54, 1.807) is 11.3 Å². The zero-order chi connectivity index (χ0) is 13.1. The SMILES string of the molecule is CNCc1sc(-c2cccc(C)n2)nc1C(C)C. The van der Waals surface area contributed by atoms with Crippen LogP contribution in [0.25, 0.3) is 10.7 Å². The minimum Gasteiger partial charge on any atom is -0.315 e. The Morgan fingerprint density at radius 2 is 2.06 bits per heavy atom. The molecule has 0 fully saturated rings. The fraction of sp³-hybridized carbons (Fsp3) is 0.429.